The van der Waals surface area contributed by atoms with Crippen LogP contribution in [-0.4, -0.2) is 6.61 Å². The monoisotopic (exact) mass is 313 g/mol. The number of ether oxygens (including phenoxy) is 1. The van der Waals surface area contributed by atoms with Gasteiger partial charge in [0, 0.05) is 18.3 Å². The maximum Gasteiger partial charge on any atom is 0.167 e. The van der Waals surface area contributed by atoms with Crippen LogP contribution in [-0.2, 0) is 6.54 Å². The summed E-state index contributed by atoms with van der Waals surface area (Å²) >= 11 is 12.0. The highest BCUT2D eigenvalue weighted by molar-refractivity contribution is 6.42. The molecule has 1 N–H and O–H groups in total. The number of hydrogen-bond donors (Lipinski definition) is 1. The molecule has 0 aromatic heterocycles. The number of hydrogen-bond acceptors (Lipinski definition) is 2. The number of anilines is 1. The van der Waals surface area contributed by atoms with Gasteiger partial charge in [-0.1, -0.05) is 35.3 Å². The van der Waals surface area contributed by atoms with Crippen molar-refractivity contribution < 1.29 is 9.13 Å². The Balaban J connectivity index is 2.07. The van der Waals surface area contributed by atoms with Gasteiger partial charge in [0.1, 0.15) is 0 Å². The number of rotatable bonds is 5. The molecule has 20 heavy (non-hydrogen) atoms. The van der Waals surface area contributed by atoms with Gasteiger partial charge in [0.2, 0.25) is 0 Å². The Morgan fingerprint density at radius 2 is 2.00 bits per heavy atom. The van der Waals surface area contributed by atoms with E-state index < -0.39 is 5.82 Å². The van der Waals surface area contributed by atoms with Gasteiger partial charge in [0.05, 0.1) is 16.7 Å². The molecule has 2 aromatic carbocycles. The second-order valence-electron chi connectivity index (χ2n) is 4.14. The summed E-state index contributed by atoms with van der Waals surface area (Å²) in [7, 11) is 0. The van der Waals surface area contributed by atoms with Crippen LogP contribution in [0.4, 0.5) is 10.1 Å². The Labute approximate surface area is 127 Å². The van der Waals surface area contributed by atoms with Crippen LogP contribution in [0.15, 0.2) is 36.4 Å². The summed E-state index contributed by atoms with van der Waals surface area (Å²) in [5, 5.41) is 4.11. The Kier molecular flexibility index (Phi) is 5.10. The van der Waals surface area contributed by atoms with E-state index in [4.69, 9.17) is 27.9 Å². The van der Waals surface area contributed by atoms with Crippen molar-refractivity contribution in [2.24, 2.45) is 0 Å². The van der Waals surface area contributed by atoms with Crippen LogP contribution in [0, 0.1) is 5.82 Å². The minimum Gasteiger partial charge on any atom is -0.491 e. The normalized spacial score (nSPS) is 10.4. The van der Waals surface area contributed by atoms with Crippen LogP contribution < -0.4 is 10.1 Å². The maximum atomic E-state index is 13.7. The van der Waals surface area contributed by atoms with Gasteiger partial charge in [-0.2, -0.15) is 0 Å². The highest BCUT2D eigenvalue weighted by atomic mass is 35.5. The van der Waals surface area contributed by atoms with Gasteiger partial charge in [0.25, 0.3) is 0 Å². The molecule has 0 fully saturated rings. The summed E-state index contributed by atoms with van der Waals surface area (Å²) in [6.45, 7) is 2.71. The molecule has 0 saturated heterocycles. The van der Waals surface area contributed by atoms with Gasteiger partial charge in [-0.25, -0.2) is 4.39 Å². The van der Waals surface area contributed by atoms with Crippen LogP contribution in [0.3, 0.4) is 0 Å². The molecule has 106 valence electrons. The largest absolute Gasteiger partial charge is 0.491 e. The van der Waals surface area contributed by atoms with Crippen molar-refractivity contribution in [1.82, 2.24) is 0 Å². The molecule has 0 aliphatic carbocycles. The molecule has 2 nitrogen and oxygen atoms in total. The van der Waals surface area contributed by atoms with Crippen LogP contribution in [0.25, 0.3) is 0 Å². The van der Waals surface area contributed by atoms with Crippen molar-refractivity contribution in [3.63, 3.8) is 0 Å². The molecule has 0 spiro atoms. The van der Waals surface area contributed by atoms with E-state index in [0.717, 1.165) is 5.56 Å². The first-order chi connectivity index (χ1) is 9.61. The van der Waals surface area contributed by atoms with Crippen molar-refractivity contribution >= 4 is 28.9 Å². The Morgan fingerprint density at radius 3 is 2.70 bits per heavy atom. The zero-order valence-electron chi connectivity index (χ0n) is 10.9. The fraction of sp³-hybridized carbons (Fsp3) is 0.200. The topological polar surface area (TPSA) is 21.3 Å². The molecule has 0 aliphatic heterocycles. The molecular formula is C15H14Cl2FNO. The Morgan fingerprint density at radius 1 is 1.20 bits per heavy atom. The number of halogens is 3. The van der Waals surface area contributed by atoms with Crippen LogP contribution >= 0.6 is 23.2 Å². The molecule has 0 radical (unpaired) electrons. The van der Waals surface area contributed by atoms with E-state index in [1.54, 1.807) is 18.2 Å². The van der Waals surface area contributed by atoms with Crippen molar-refractivity contribution in [2.45, 2.75) is 13.5 Å². The fourth-order valence-corrected chi connectivity index (χ4v) is 2.15. The van der Waals surface area contributed by atoms with E-state index in [2.05, 4.69) is 5.32 Å². The summed E-state index contributed by atoms with van der Waals surface area (Å²) in [6, 6.07) is 10.2. The third-order valence-electron chi connectivity index (χ3n) is 2.75. The molecule has 2 aromatic rings. The zero-order valence-corrected chi connectivity index (χ0v) is 12.4. The predicted octanol–water partition coefficient (Wildman–Crippen LogP) is 5.14. The van der Waals surface area contributed by atoms with E-state index in [0.29, 0.717) is 28.9 Å². The minimum absolute atomic E-state index is 0.249. The molecule has 5 heteroatoms. The SMILES string of the molecule is CCOc1ccc(NCc2cccc(Cl)c2Cl)cc1F. The quantitative estimate of drug-likeness (QED) is 0.824. The third-order valence-corrected chi connectivity index (χ3v) is 3.60. The molecule has 0 atom stereocenters. The fourth-order valence-electron chi connectivity index (χ4n) is 1.77. The smallest absolute Gasteiger partial charge is 0.167 e. The van der Waals surface area contributed by atoms with Crippen LogP contribution in [0.1, 0.15) is 12.5 Å². The summed E-state index contributed by atoms with van der Waals surface area (Å²) in [5.41, 5.74) is 1.51. The van der Waals surface area contributed by atoms with Gasteiger partial charge in [-0.05, 0) is 30.7 Å². The molecule has 0 unspecified atom stereocenters. The summed E-state index contributed by atoms with van der Waals surface area (Å²) < 4.78 is 18.8. The van der Waals surface area contributed by atoms with Gasteiger partial charge in [-0.15, -0.1) is 0 Å². The lowest BCUT2D eigenvalue weighted by molar-refractivity contribution is 0.321. The molecule has 0 saturated carbocycles. The first kappa shape index (κ1) is 14.9. The molecule has 0 aliphatic rings. The standard InChI is InChI=1S/C15H14Cl2FNO/c1-2-20-14-7-6-11(8-13(14)18)19-9-10-4-3-5-12(16)15(10)17/h3-8,19H,2,9H2,1H3. The maximum absolute atomic E-state index is 13.7. The van der Waals surface area contributed by atoms with Gasteiger partial charge >= 0.3 is 0 Å². The Bertz CT molecular complexity index is 604. The molecule has 2 rings (SSSR count). The molecule has 0 bridgehead atoms. The lowest BCUT2D eigenvalue weighted by Gasteiger charge is -2.10. The summed E-state index contributed by atoms with van der Waals surface area (Å²) in [6.07, 6.45) is 0. The second kappa shape index (κ2) is 6.82. The first-order valence-corrected chi connectivity index (χ1v) is 6.96. The van der Waals surface area contributed by atoms with E-state index in [-0.39, 0.29) is 5.75 Å². The second-order valence-corrected chi connectivity index (χ2v) is 4.93. The van der Waals surface area contributed by atoms with Crippen molar-refractivity contribution in [3.05, 3.63) is 57.8 Å². The minimum atomic E-state index is -0.394. The van der Waals surface area contributed by atoms with E-state index >= 15 is 0 Å². The van der Waals surface area contributed by atoms with Gasteiger partial charge < -0.3 is 10.1 Å². The highest BCUT2D eigenvalue weighted by Gasteiger charge is 2.06. The lowest BCUT2D eigenvalue weighted by atomic mass is 10.2. The van der Waals surface area contributed by atoms with E-state index in [1.807, 2.05) is 19.1 Å². The Hall–Kier alpha value is -1.45. The lowest BCUT2D eigenvalue weighted by Crippen LogP contribution is -2.01. The zero-order chi connectivity index (χ0) is 14.5. The van der Waals surface area contributed by atoms with Crippen LogP contribution in [0.5, 0.6) is 5.75 Å². The number of benzene rings is 2. The van der Waals surface area contributed by atoms with Gasteiger partial charge in [-0.3, -0.25) is 0 Å². The molecule has 0 heterocycles. The molecule has 0 amide bonds. The molecular weight excluding hydrogens is 300 g/mol. The van der Waals surface area contributed by atoms with E-state index in [1.165, 1.54) is 6.07 Å². The average Bonchev–Trinajstić information content (AvgIpc) is 2.43. The summed E-state index contributed by atoms with van der Waals surface area (Å²) in [4.78, 5) is 0. The van der Waals surface area contributed by atoms with E-state index in [9.17, 15) is 4.39 Å². The van der Waals surface area contributed by atoms with Crippen molar-refractivity contribution in [1.29, 1.82) is 0 Å². The summed E-state index contributed by atoms with van der Waals surface area (Å²) in [5.74, 6) is -0.145. The van der Waals surface area contributed by atoms with Crippen molar-refractivity contribution in [2.75, 3.05) is 11.9 Å². The van der Waals surface area contributed by atoms with Crippen molar-refractivity contribution in [3.8, 4) is 5.75 Å². The van der Waals surface area contributed by atoms with Gasteiger partial charge in [0.15, 0.2) is 11.6 Å². The highest BCUT2D eigenvalue weighted by Crippen LogP contribution is 2.27. The third kappa shape index (κ3) is 3.56. The average molecular weight is 314 g/mol. The number of nitrogens with one attached hydrogen (secondary N) is 1. The van der Waals surface area contributed by atoms with Crippen LogP contribution in [0.2, 0.25) is 10.0 Å². The predicted molar refractivity (Wildman–Crippen MR) is 81.4 cm³/mol. The first-order valence-electron chi connectivity index (χ1n) is 6.21.